The summed E-state index contributed by atoms with van der Waals surface area (Å²) in [7, 11) is 0. The van der Waals surface area contributed by atoms with Crippen LogP contribution in [0.15, 0.2) is 46.9 Å². The molecule has 0 fully saturated rings. The average molecular weight is 277 g/mol. The molecule has 0 amide bonds. The standard InChI is InChI=1S/C13H13BrN2/c1-10-7-8-12(14)13(16-10)15-9-11-5-3-2-4-6-11/h2-8H,9H2,1H3,(H,15,16). The number of aromatic nitrogens is 1. The molecule has 0 spiro atoms. The molecule has 0 saturated carbocycles. The van der Waals surface area contributed by atoms with Crippen molar-refractivity contribution in [3.05, 3.63) is 58.2 Å². The topological polar surface area (TPSA) is 24.9 Å². The zero-order chi connectivity index (χ0) is 11.4. The lowest BCUT2D eigenvalue weighted by Crippen LogP contribution is -2.02. The van der Waals surface area contributed by atoms with Crippen molar-refractivity contribution in [3.8, 4) is 0 Å². The molecule has 1 heterocycles. The number of hydrogen-bond acceptors (Lipinski definition) is 2. The highest BCUT2D eigenvalue weighted by atomic mass is 79.9. The number of nitrogens with zero attached hydrogens (tertiary/aromatic N) is 1. The quantitative estimate of drug-likeness (QED) is 0.923. The van der Waals surface area contributed by atoms with Crippen molar-refractivity contribution in [1.29, 1.82) is 0 Å². The van der Waals surface area contributed by atoms with Crippen LogP contribution in [-0.4, -0.2) is 4.98 Å². The van der Waals surface area contributed by atoms with Crippen LogP contribution in [0.2, 0.25) is 0 Å². The van der Waals surface area contributed by atoms with Gasteiger partial charge >= 0.3 is 0 Å². The lowest BCUT2D eigenvalue weighted by atomic mass is 10.2. The molecule has 0 unspecified atom stereocenters. The summed E-state index contributed by atoms with van der Waals surface area (Å²) < 4.78 is 0.994. The molecule has 1 aromatic heterocycles. The van der Waals surface area contributed by atoms with Crippen molar-refractivity contribution in [1.82, 2.24) is 4.98 Å². The Morgan fingerprint density at radius 3 is 2.62 bits per heavy atom. The minimum atomic E-state index is 0.788. The maximum Gasteiger partial charge on any atom is 0.140 e. The molecule has 1 N–H and O–H groups in total. The van der Waals surface area contributed by atoms with Crippen LogP contribution in [0.5, 0.6) is 0 Å². The number of aryl methyl sites for hydroxylation is 1. The van der Waals surface area contributed by atoms with E-state index >= 15 is 0 Å². The molecule has 0 aliphatic carbocycles. The number of anilines is 1. The Kier molecular flexibility index (Phi) is 3.57. The molecule has 82 valence electrons. The zero-order valence-corrected chi connectivity index (χ0v) is 10.7. The molecule has 2 nitrogen and oxygen atoms in total. The molecule has 16 heavy (non-hydrogen) atoms. The predicted molar refractivity (Wildman–Crippen MR) is 70.4 cm³/mol. The summed E-state index contributed by atoms with van der Waals surface area (Å²) in [5.41, 5.74) is 2.26. The number of halogens is 1. The Bertz CT molecular complexity index is 469. The van der Waals surface area contributed by atoms with Crippen LogP contribution < -0.4 is 5.32 Å². The van der Waals surface area contributed by atoms with Gasteiger partial charge in [-0.25, -0.2) is 4.98 Å². The molecule has 2 aromatic rings. The fourth-order valence-electron chi connectivity index (χ4n) is 1.45. The summed E-state index contributed by atoms with van der Waals surface area (Å²) in [4.78, 5) is 4.43. The van der Waals surface area contributed by atoms with Gasteiger partial charge in [-0.05, 0) is 40.5 Å². The lowest BCUT2D eigenvalue weighted by Gasteiger charge is -2.08. The van der Waals surface area contributed by atoms with Gasteiger partial charge in [-0.2, -0.15) is 0 Å². The summed E-state index contributed by atoms with van der Waals surface area (Å²) in [5, 5.41) is 3.31. The summed E-state index contributed by atoms with van der Waals surface area (Å²) >= 11 is 3.48. The van der Waals surface area contributed by atoms with Crippen LogP contribution in [0.3, 0.4) is 0 Å². The first-order chi connectivity index (χ1) is 7.75. The van der Waals surface area contributed by atoms with Gasteiger partial charge < -0.3 is 5.32 Å². The maximum absolute atomic E-state index is 4.43. The average Bonchev–Trinajstić information content (AvgIpc) is 2.32. The normalized spacial score (nSPS) is 10.1. The highest BCUT2D eigenvalue weighted by molar-refractivity contribution is 9.10. The van der Waals surface area contributed by atoms with Gasteiger partial charge in [0.2, 0.25) is 0 Å². The van der Waals surface area contributed by atoms with Gasteiger partial charge in [0.1, 0.15) is 5.82 Å². The summed E-state index contributed by atoms with van der Waals surface area (Å²) in [6.45, 7) is 2.77. The van der Waals surface area contributed by atoms with E-state index in [2.05, 4.69) is 38.4 Å². The Labute approximate surface area is 104 Å². The first kappa shape index (κ1) is 11.1. The third-order valence-corrected chi connectivity index (χ3v) is 2.93. The second-order valence-corrected chi connectivity index (χ2v) is 4.48. The number of benzene rings is 1. The number of hydrogen-bond donors (Lipinski definition) is 1. The van der Waals surface area contributed by atoms with Crippen molar-refractivity contribution in [2.45, 2.75) is 13.5 Å². The van der Waals surface area contributed by atoms with Crippen LogP contribution in [0.1, 0.15) is 11.3 Å². The van der Waals surface area contributed by atoms with E-state index in [0.29, 0.717) is 0 Å². The highest BCUT2D eigenvalue weighted by Gasteiger charge is 2.00. The van der Waals surface area contributed by atoms with E-state index in [9.17, 15) is 0 Å². The number of rotatable bonds is 3. The maximum atomic E-state index is 4.43. The van der Waals surface area contributed by atoms with E-state index < -0.39 is 0 Å². The SMILES string of the molecule is Cc1ccc(Br)c(NCc2ccccc2)n1. The van der Waals surface area contributed by atoms with E-state index in [0.717, 1.165) is 22.5 Å². The predicted octanol–water partition coefficient (Wildman–Crippen LogP) is 3.76. The fraction of sp³-hybridized carbons (Fsp3) is 0.154. The highest BCUT2D eigenvalue weighted by Crippen LogP contribution is 2.20. The molecule has 0 aliphatic rings. The van der Waals surface area contributed by atoms with E-state index in [1.165, 1.54) is 5.56 Å². The van der Waals surface area contributed by atoms with E-state index in [-0.39, 0.29) is 0 Å². The Balaban J connectivity index is 2.08. The molecule has 0 bridgehead atoms. The Hall–Kier alpha value is -1.35. The van der Waals surface area contributed by atoms with E-state index in [4.69, 9.17) is 0 Å². The second-order valence-electron chi connectivity index (χ2n) is 3.62. The van der Waals surface area contributed by atoms with Gasteiger partial charge in [-0.15, -0.1) is 0 Å². The van der Waals surface area contributed by atoms with Crippen molar-refractivity contribution >= 4 is 21.7 Å². The van der Waals surface area contributed by atoms with Crippen LogP contribution in [0.4, 0.5) is 5.82 Å². The molecule has 2 rings (SSSR count). The first-order valence-electron chi connectivity index (χ1n) is 5.16. The van der Waals surface area contributed by atoms with Gasteiger partial charge in [0.25, 0.3) is 0 Å². The molecular formula is C13H13BrN2. The van der Waals surface area contributed by atoms with Crippen LogP contribution in [-0.2, 0) is 6.54 Å². The van der Waals surface area contributed by atoms with Crippen LogP contribution in [0, 0.1) is 6.92 Å². The minimum Gasteiger partial charge on any atom is -0.365 e. The minimum absolute atomic E-state index is 0.788. The van der Waals surface area contributed by atoms with E-state index in [1.807, 2.05) is 37.3 Å². The van der Waals surface area contributed by atoms with Crippen molar-refractivity contribution in [3.63, 3.8) is 0 Å². The fourth-order valence-corrected chi connectivity index (χ4v) is 1.81. The van der Waals surface area contributed by atoms with Crippen molar-refractivity contribution in [2.24, 2.45) is 0 Å². The molecular weight excluding hydrogens is 264 g/mol. The first-order valence-corrected chi connectivity index (χ1v) is 5.96. The van der Waals surface area contributed by atoms with Gasteiger partial charge in [-0.3, -0.25) is 0 Å². The molecule has 0 atom stereocenters. The van der Waals surface area contributed by atoms with E-state index in [1.54, 1.807) is 0 Å². The second kappa shape index (κ2) is 5.12. The van der Waals surface area contributed by atoms with Crippen molar-refractivity contribution in [2.75, 3.05) is 5.32 Å². The lowest BCUT2D eigenvalue weighted by molar-refractivity contribution is 1.08. The Morgan fingerprint density at radius 2 is 1.88 bits per heavy atom. The Morgan fingerprint density at radius 1 is 1.12 bits per heavy atom. The third-order valence-electron chi connectivity index (χ3n) is 2.29. The van der Waals surface area contributed by atoms with Gasteiger partial charge in [0.05, 0.1) is 4.47 Å². The molecule has 3 heteroatoms. The van der Waals surface area contributed by atoms with Crippen LogP contribution in [0.25, 0.3) is 0 Å². The largest absolute Gasteiger partial charge is 0.365 e. The molecule has 1 aromatic carbocycles. The van der Waals surface area contributed by atoms with Crippen molar-refractivity contribution < 1.29 is 0 Å². The molecule has 0 aliphatic heterocycles. The number of nitrogens with one attached hydrogen (secondary N) is 1. The summed E-state index contributed by atoms with van der Waals surface area (Å²) in [5.74, 6) is 0.892. The van der Waals surface area contributed by atoms with Crippen LogP contribution >= 0.6 is 15.9 Å². The van der Waals surface area contributed by atoms with Gasteiger partial charge in [0.15, 0.2) is 0 Å². The van der Waals surface area contributed by atoms with Gasteiger partial charge in [0, 0.05) is 12.2 Å². The van der Waals surface area contributed by atoms with Gasteiger partial charge in [-0.1, -0.05) is 30.3 Å². The third kappa shape index (κ3) is 2.83. The number of pyridine rings is 1. The summed E-state index contributed by atoms with van der Waals surface area (Å²) in [6, 6.07) is 14.3. The molecule has 0 radical (unpaired) electrons. The smallest absolute Gasteiger partial charge is 0.140 e. The molecule has 0 saturated heterocycles. The zero-order valence-electron chi connectivity index (χ0n) is 9.07. The monoisotopic (exact) mass is 276 g/mol. The summed E-state index contributed by atoms with van der Waals surface area (Å²) in [6.07, 6.45) is 0.